The number of amidine groups is 1. The molecule has 1 heterocycles. The van der Waals surface area contributed by atoms with Crippen molar-refractivity contribution in [1.29, 1.82) is 0 Å². The number of carbonyl (C=O) groups excluding carboxylic acids is 2. The predicted molar refractivity (Wildman–Crippen MR) is 127 cm³/mol. The smallest absolute Gasteiger partial charge is 0.331 e. The lowest BCUT2D eigenvalue weighted by molar-refractivity contribution is -0.135. The molecule has 0 saturated carbocycles. The predicted octanol–water partition coefficient (Wildman–Crippen LogP) is 3.49. The molecule has 1 saturated heterocycles. The van der Waals surface area contributed by atoms with Gasteiger partial charge in [-0.25, -0.2) is 4.79 Å². The van der Waals surface area contributed by atoms with Crippen molar-refractivity contribution in [2.45, 2.75) is 6.61 Å². The molecule has 0 atom stereocenters. The fourth-order valence-corrected chi connectivity index (χ4v) is 3.99. The van der Waals surface area contributed by atoms with Crippen LogP contribution in [0.1, 0.15) is 11.1 Å². The number of esters is 1. The first-order valence-electron chi connectivity index (χ1n) is 8.94. The quantitative estimate of drug-likeness (QED) is 0.186. The highest BCUT2D eigenvalue weighted by atomic mass is 127. The van der Waals surface area contributed by atoms with E-state index in [1.807, 2.05) is 36.4 Å². The normalized spacial score (nSPS) is 16.0. The molecular weight excluding hydrogens is 533 g/mol. The molecule has 1 aliphatic heterocycles. The molecule has 8 nitrogen and oxygen atoms in total. The van der Waals surface area contributed by atoms with Gasteiger partial charge in [0.15, 0.2) is 16.7 Å². The highest BCUT2D eigenvalue weighted by molar-refractivity contribution is 14.1. The Labute approximate surface area is 196 Å². The number of rotatable bonds is 7. The van der Waals surface area contributed by atoms with Crippen LogP contribution in [0.2, 0.25) is 0 Å². The van der Waals surface area contributed by atoms with Gasteiger partial charge in [-0.1, -0.05) is 30.3 Å². The second kappa shape index (κ2) is 11.0. The summed E-state index contributed by atoms with van der Waals surface area (Å²) in [4.78, 5) is 23.3. The summed E-state index contributed by atoms with van der Waals surface area (Å²) in [5.74, 6) is 0.175. The molecule has 10 heteroatoms. The van der Waals surface area contributed by atoms with Gasteiger partial charge < -0.3 is 14.2 Å². The van der Waals surface area contributed by atoms with Crippen molar-refractivity contribution in [2.24, 2.45) is 10.2 Å². The van der Waals surface area contributed by atoms with Crippen molar-refractivity contribution >= 4 is 57.6 Å². The van der Waals surface area contributed by atoms with E-state index in [9.17, 15) is 9.59 Å². The fraction of sp³-hybridized carbons (Fsp3) is 0.143. The highest BCUT2D eigenvalue weighted by Gasteiger charge is 2.25. The van der Waals surface area contributed by atoms with Crippen molar-refractivity contribution in [3.05, 3.63) is 68.1 Å². The Balaban J connectivity index is 1.70. The van der Waals surface area contributed by atoms with E-state index >= 15 is 0 Å². The van der Waals surface area contributed by atoms with Gasteiger partial charge in [0.1, 0.15) is 6.61 Å². The molecule has 0 aromatic heterocycles. The number of hydrogen-bond donors (Lipinski definition) is 1. The second-order valence-corrected chi connectivity index (χ2v) is 8.24. The Kier molecular flexibility index (Phi) is 8.06. The van der Waals surface area contributed by atoms with Crippen LogP contribution in [0.4, 0.5) is 0 Å². The summed E-state index contributed by atoms with van der Waals surface area (Å²) in [6.07, 6.45) is 2.64. The number of thioether (sulfide) groups is 1. The van der Waals surface area contributed by atoms with Gasteiger partial charge in [-0.3, -0.25) is 10.1 Å². The van der Waals surface area contributed by atoms with Crippen LogP contribution in [0.15, 0.2) is 63.6 Å². The molecule has 0 radical (unpaired) electrons. The zero-order chi connectivity index (χ0) is 22.2. The summed E-state index contributed by atoms with van der Waals surface area (Å²) in [6, 6.07) is 13.5. The molecule has 0 unspecified atom stereocenters. The van der Waals surface area contributed by atoms with Crippen molar-refractivity contribution in [3.8, 4) is 11.5 Å². The number of halogens is 1. The number of nitrogens with zero attached hydrogens (tertiary/aromatic N) is 2. The number of carbonyl (C=O) groups is 2. The number of ether oxygens (including phenoxy) is 3. The van der Waals surface area contributed by atoms with Gasteiger partial charge in [0.2, 0.25) is 0 Å². The van der Waals surface area contributed by atoms with Crippen LogP contribution in [0.25, 0.3) is 0 Å². The Morgan fingerprint density at radius 3 is 2.71 bits per heavy atom. The van der Waals surface area contributed by atoms with Crippen LogP contribution in [-0.2, 0) is 20.9 Å². The molecule has 1 amide bonds. The fourth-order valence-electron chi connectivity index (χ4n) is 2.47. The second-order valence-electron chi connectivity index (χ2n) is 6.05. The Morgan fingerprint density at radius 1 is 1.23 bits per heavy atom. The molecule has 3 rings (SSSR count). The molecule has 160 valence electrons. The van der Waals surface area contributed by atoms with E-state index in [2.05, 4.69) is 42.8 Å². The average molecular weight is 551 g/mol. The maximum atomic E-state index is 11.8. The minimum absolute atomic E-state index is 0.192. The molecular formula is C21H18IN3O5S. The lowest BCUT2D eigenvalue weighted by atomic mass is 10.2. The van der Waals surface area contributed by atoms with Gasteiger partial charge in [0, 0.05) is 6.08 Å². The summed E-state index contributed by atoms with van der Waals surface area (Å²) >= 11 is 3.18. The van der Waals surface area contributed by atoms with E-state index in [-0.39, 0.29) is 10.1 Å². The Morgan fingerprint density at radius 2 is 2.00 bits per heavy atom. The third-order valence-corrected chi connectivity index (χ3v) is 5.64. The largest absolute Gasteiger partial charge is 0.493 e. The van der Waals surface area contributed by atoms with Crippen LogP contribution < -0.4 is 14.8 Å². The van der Waals surface area contributed by atoms with Gasteiger partial charge >= 0.3 is 5.97 Å². The first-order chi connectivity index (χ1) is 15.0. The van der Waals surface area contributed by atoms with E-state index < -0.39 is 11.9 Å². The molecule has 2 aromatic rings. The maximum Gasteiger partial charge on any atom is 0.331 e. The van der Waals surface area contributed by atoms with E-state index in [1.165, 1.54) is 13.3 Å². The minimum Gasteiger partial charge on any atom is -0.493 e. The van der Waals surface area contributed by atoms with E-state index in [0.29, 0.717) is 18.1 Å². The van der Waals surface area contributed by atoms with E-state index in [1.54, 1.807) is 13.2 Å². The SMILES string of the molecule is COC(=O)/C=C1/S/C(=N\N=Cc2cc(I)c(OCc3ccccc3)c(OC)c2)NC1=O. The maximum absolute atomic E-state index is 11.8. The monoisotopic (exact) mass is 551 g/mol. The van der Waals surface area contributed by atoms with Gasteiger partial charge in [-0.2, -0.15) is 5.10 Å². The summed E-state index contributed by atoms with van der Waals surface area (Å²) in [7, 11) is 2.81. The first kappa shape index (κ1) is 22.8. The molecule has 31 heavy (non-hydrogen) atoms. The number of amides is 1. The molecule has 1 N–H and O–H groups in total. The molecule has 0 aliphatic carbocycles. The van der Waals surface area contributed by atoms with Crippen LogP contribution in [0.3, 0.4) is 0 Å². The molecule has 0 spiro atoms. The minimum atomic E-state index is -0.612. The summed E-state index contributed by atoms with van der Waals surface area (Å²) in [5.41, 5.74) is 1.80. The Hall–Kier alpha value is -2.86. The van der Waals surface area contributed by atoms with Crippen LogP contribution in [0.5, 0.6) is 11.5 Å². The summed E-state index contributed by atoms with van der Waals surface area (Å²) < 4.78 is 16.8. The van der Waals surface area contributed by atoms with Crippen LogP contribution in [0, 0.1) is 3.57 Å². The zero-order valence-corrected chi connectivity index (χ0v) is 19.6. The summed E-state index contributed by atoms with van der Waals surface area (Å²) in [5, 5.41) is 10.8. The third-order valence-electron chi connectivity index (χ3n) is 3.93. The average Bonchev–Trinajstić information content (AvgIpc) is 3.12. The van der Waals surface area contributed by atoms with Crippen LogP contribution >= 0.6 is 34.4 Å². The number of methoxy groups -OCH3 is 2. The highest BCUT2D eigenvalue weighted by Crippen LogP contribution is 2.34. The van der Waals surface area contributed by atoms with Gasteiger partial charge in [-0.05, 0) is 57.6 Å². The number of benzene rings is 2. The van der Waals surface area contributed by atoms with Crippen molar-refractivity contribution in [2.75, 3.05) is 14.2 Å². The van der Waals surface area contributed by atoms with E-state index in [4.69, 9.17) is 9.47 Å². The lowest BCUT2D eigenvalue weighted by Gasteiger charge is -2.13. The van der Waals surface area contributed by atoms with Crippen molar-refractivity contribution < 1.29 is 23.8 Å². The zero-order valence-electron chi connectivity index (χ0n) is 16.6. The topological polar surface area (TPSA) is 98.6 Å². The molecule has 1 fully saturated rings. The van der Waals surface area contributed by atoms with Crippen molar-refractivity contribution in [1.82, 2.24) is 5.32 Å². The van der Waals surface area contributed by atoms with Crippen LogP contribution in [-0.4, -0.2) is 37.5 Å². The van der Waals surface area contributed by atoms with Gasteiger partial charge in [-0.15, -0.1) is 5.10 Å². The molecule has 1 aliphatic rings. The van der Waals surface area contributed by atoms with Gasteiger partial charge in [0.25, 0.3) is 5.91 Å². The first-order valence-corrected chi connectivity index (χ1v) is 10.8. The summed E-state index contributed by atoms with van der Waals surface area (Å²) in [6.45, 7) is 0.423. The molecule has 0 bridgehead atoms. The lowest BCUT2D eigenvalue weighted by Crippen LogP contribution is -2.19. The standard InChI is InChI=1S/C21H18IN3O5S/c1-28-16-9-14(8-15(22)19(16)30-12-13-6-4-3-5-7-13)11-23-25-21-24-20(27)17(31-21)10-18(26)29-2/h3-11H,12H2,1-2H3,(H,24,25,27)/b17-10+,23-11?. The van der Waals surface area contributed by atoms with Crippen molar-refractivity contribution in [3.63, 3.8) is 0 Å². The third kappa shape index (κ3) is 6.31. The van der Waals surface area contributed by atoms with E-state index in [0.717, 1.165) is 32.5 Å². The number of nitrogens with one attached hydrogen (secondary N) is 1. The number of hydrogen-bond acceptors (Lipinski definition) is 8. The van der Waals surface area contributed by atoms with Gasteiger partial charge in [0.05, 0.1) is 28.9 Å². The Bertz CT molecular complexity index is 1070. The molecule has 2 aromatic carbocycles.